The summed E-state index contributed by atoms with van der Waals surface area (Å²) in [5, 5.41) is 3.61. The number of esters is 1. The number of ether oxygens (including phenoxy) is 2. The minimum absolute atomic E-state index is 0.223. The van der Waals surface area contributed by atoms with Gasteiger partial charge in [0.25, 0.3) is 0 Å². The van der Waals surface area contributed by atoms with Gasteiger partial charge in [-0.3, -0.25) is 4.79 Å². The number of benzene rings is 1. The van der Waals surface area contributed by atoms with Crippen molar-refractivity contribution in [2.45, 2.75) is 31.4 Å². The van der Waals surface area contributed by atoms with Crippen molar-refractivity contribution in [1.29, 1.82) is 0 Å². The molecule has 1 saturated heterocycles. The number of rotatable bonds is 5. The van der Waals surface area contributed by atoms with Crippen LogP contribution in [0.5, 0.6) is 0 Å². The number of methoxy groups -OCH3 is 1. The van der Waals surface area contributed by atoms with Gasteiger partial charge in [0.1, 0.15) is 12.1 Å². The molecule has 1 N–H and O–H groups in total. The third kappa shape index (κ3) is 4.35. The number of hydrogen-bond donors (Lipinski definition) is 1. The van der Waals surface area contributed by atoms with E-state index in [0.717, 1.165) is 6.42 Å². The summed E-state index contributed by atoms with van der Waals surface area (Å²) in [5.41, 5.74) is 0.703. The fraction of sp³-hybridized carbons (Fsp3) is 0.467. The number of amides is 1. The van der Waals surface area contributed by atoms with Crippen molar-refractivity contribution in [3.63, 3.8) is 0 Å². The maximum Gasteiger partial charge on any atom is 0.328 e. The van der Waals surface area contributed by atoms with E-state index < -0.39 is 18.1 Å². The molecule has 22 heavy (non-hydrogen) atoms. The predicted molar refractivity (Wildman–Crippen MR) is 83.1 cm³/mol. The van der Waals surface area contributed by atoms with E-state index in [1.54, 1.807) is 18.2 Å². The molecule has 120 valence electrons. The summed E-state index contributed by atoms with van der Waals surface area (Å²) in [5.74, 6) is -0.838. The first-order chi connectivity index (χ1) is 10.5. The van der Waals surface area contributed by atoms with Crippen molar-refractivity contribution in [3.8, 4) is 0 Å². The fourth-order valence-electron chi connectivity index (χ4n) is 2.29. The first-order valence-electron chi connectivity index (χ1n) is 6.95. The molecule has 1 aromatic rings. The van der Waals surface area contributed by atoms with Crippen LogP contribution >= 0.6 is 23.2 Å². The van der Waals surface area contributed by atoms with Crippen molar-refractivity contribution in [2.24, 2.45) is 0 Å². The molecule has 1 heterocycles. The molecular formula is C15H17Cl2NO4. The average molecular weight is 346 g/mol. The van der Waals surface area contributed by atoms with Crippen LogP contribution in [-0.4, -0.2) is 37.7 Å². The Hall–Kier alpha value is -1.30. The van der Waals surface area contributed by atoms with Crippen molar-refractivity contribution in [1.82, 2.24) is 5.32 Å². The van der Waals surface area contributed by atoms with Gasteiger partial charge in [0, 0.05) is 23.1 Å². The van der Waals surface area contributed by atoms with Gasteiger partial charge in [0.15, 0.2) is 0 Å². The van der Waals surface area contributed by atoms with Crippen molar-refractivity contribution >= 4 is 35.1 Å². The van der Waals surface area contributed by atoms with Gasteiger partial charge < -0.3 is 14.8 Å². The fourth-order valence-corrected chi connectivity index (χ4v) is 2.78. The molecule has 0 unspecified atom stereocenters. The van der Waals surface area contributed by atoms with Gasteiger partial charge in [0.2, 0.25) is 5.91 Å². The van der Waals surface area contributed by atoms with E-state index in [1.807, 2.05) is 0 Å². The molecule has 0 bridgehead atoms. The third-order valence-electron chi connectivity index (χ3n) is 3.46. The molecule has 1 amide bonds. The highest BCUT2D eigenvalue weighted by molar-refractivity contribution is 6.35. The summed E-state index contributed by atoms with van der Waals surface area (Å²) in [6.07, 6.45) is 1.21. The van der Waals surface area contributed by atoms with Gasteiger partial charge in [-0.2, -0.15) is 0 Å². The highest BCUT2D eigenvalue weighted by Crippen LogP contribution is 2.22. The second-order valence-electron chi connectivity index (χ2n) is 5.03. The van der Waals surface area contributed by atoms with Crippen molar-refractivity contribution < 1.29 is 19.1 Å². The molecule has 1 aliphatic heterocycles. The molecular weight excluding hydrogens is 329 g/mol. The Kier molecular flexibility index (Phi) is 6.06. The van der Waals surface area contributed by atoms with Crippen LogP contribution in [0.4, 0.5) is 0 Å². The number of halogens is 2. The van der Waals surface area contributed by atoms with Gasteiger partial charge in [-0.05, 0) is 30.5 Å². The lowest BCUT2D eigenvalue weighted by Crippen LogP contribution is -2.47. The van der Waals surface area contributed by atoms with Crippen molar-refractivity contribution in [3.05, 3.63) is 33.8 Å². The largest absolute Gasteiger partial charge is 0.467 e. The van der Waals surface area contributed by atoms with E-state index in [9.17, 15) is 9.59 Å². The summed E-state index contributed by atoms with van der Waals surface area (Å²) < 4.78 is 10.1. The molecule has 0 aliphatic carbocycles. The lowest BCUT2D eigenvalue weighted by molar-refractivity contribution is -0.146. The summed E-state index contributed by atoms with van der Waals surface area (Å²) in [7, 11) is 1.27. The van der Waals surface area contributed by atoms with E-state index in [1.165, 1.54) is 7.11 Å². The van der Waals surface area contributed by atoms with Crippen LogP contribution < -0.4 is 5.32 Å². The first-order valence-corrected chi connectivity index (χ1v) is 7.70. The van der Waals surface area contributed by atoms with Crippen LogP contribution in [0.3, 0.4) is 0 Å². The van der Waals surface area contributed by atoms with Gasteiger partial charge >= 0.3 is 5.97 Å². The van der Waals surface area contributed by atoms with Crippen LogP contribution in [0.15, 0.2) is 18.2 Å². The molecule has 0 aromatic heterocycles. The van der Waals surface area contributed by atoms with Gasteiger partial charge in [-0.25, -0.2) is 4.79 Å². The Labute approximate surface area is 138 Å². The molecule has 1 fully saturated rings. The van der Waals surface area contributed by atoms with Gasteiger partial charge in [0.05, 0.1) is 7.11 Å². The zero-order valence-corrected chi connectivity index (χ0v) is 13.6. The lowest BCUT2D eigenvalue weighted by Gasteiger charge is -2.19. The highest BCUT2D eigenvalue weighted by atomic mass is 35.5. The third-order valence-corrected chi connectivity index (χ3v) is 4.05. The topological polar surface area (TPSA) is 64.6 Å². The van der Waals surface area contributed by atoms with E-state index >= 15 is 0 Å². The summed E-state index contributed by atoms with van der Waals surface area (Å²) in [4.78, 5) is 24.0. The molecule has 1 aliphatic rings. The molecule has 2 atom stereocenters. The van der Waals surface area contributed by atoms with Crippen LogP contribution in [0.2, 0.25) is 10.0 Å². The van der Waals surface area contributed by atoms with Crippen LogP contribution in [-0.2, 0) is 25.5 Å². The monoisotopic (exact) mass is 345 g/mol. The molecule has 0 saturated carbocycles. The maximum atomic E-state index is 12.1. The van der Waals surface area contributed by atoms with Crippen molar-refractivity contribution in [2.75, 3.05) is 13.7 Å². The van der Waals surface area contributed by atoms with E-state index in [0.29, 0.717) is 28.6 Å². The lowest BCUT2D eigenvalue weighted by atomic mass is 10.1. The zero-order valence-electron chi connectivity index (χ0n) is 12.1. The Bertz CT molecular complexity index is 558. The number of nitrogens with one attached hydrogen (secondary N) is 1. The van der Waals surface area contributed by atoms with Gasteiger partial charge in [-0.15, -0.1) is 0 Å². The normalized spacial score (nSPS) is 18.8. The Balaban J connectivity index is 2.08. The second kappa shape index (κ2) is 7.81. The quantitative estimate of drug-likeness (QED) is 0.832. The standard InChI is InChI=1S/C15H17Cl2NO4/c1-21-15(20)12(18-14(19)13-3-2-6-22-13)7-9-4-5-10(16)8-11(9)17/h4-5,8,12-13H,2-3,6-7H2,1H3,(H,18,19)/t12-,13-/m0/s1. The molecule has 5 nitrogen and oxygen atoms in total. The minimum Gasteiger partial charge on any atom is -0.467 e. The predicted octanol–water partition coefficient (Wildman–Crippen LogP) is 2.37. The second-order valence-corrected chi connectivity index (χ2v) is 5.87. The average Bonchev–Trinajstić information content (AvgIpc) is 3.02. The molecule has 0 radical (unpaired) electrons. The maximum absolute atomic E-state index is 12.1. The highest BCUT2D eigenvalue weighted by Gasteiger charge is 2.29. The molecule has 1 aromatic carbocycles. The van der Waals surface area contributed by atoms with E-state index in [-0.39, 0.29) is 12.3 Å². The Morgan fingerprint density at radius 3 is 2.82 bits per heavy atom. The molecule has 0 spiro atoms. The first kappa shape index (κ1) is 17.1. The SMILES string of the molecule is COC(=O)[C@H](Cc1ccc(Cl)cc1Cl)NC(=O)[C@@H]1CCCO1. The van der Waals surface area contributed by atoms with Crippen LogP contribution in [0, 0.1) is 0 Å². The van der Waals surface area contributed by atoms with Crippen LogP contribution in [0.1, 0.15) is 18.4 Å². The summed E-state index contributed by atoms with van der Waals surface area (Å²) in [6.45, 7) is 0.560. The van der Waals surface area contributed by atoms with Crippen LogP contribution in [0.25, 0.3) is 0 Å². The summed E-state index contributed by atoms with van der Waals surface area (Å²) in [6, 6.07) is 4.17. The van der Waals surface area contributed by atoms with Gasteiger partial charge in [-0.1, -0.05) is 29.3 Å². The smallest absolute Gasteiger partial charge is 0.328 e. The molecule has 7 heteroatoms. The number of carbonyl (C=O) groups excluding carboxylic acids is 2. The van der Waals surface area contributed by atoms with E-state index in [2.05, 4.69) is 5.32 Å². The Morgan fingerprint density at radius 2 is 2.23 bits per heavy atom. The zero-order chi connectivity index (χ0) is 16.1. The van der Waals surface area contributed by atoms with E-state index in [4.69, 9.17) is 32.7 Å². The molecule has 2 rings (SSSR count). The Morgan fingerprint density at radius 1 is 1.45 bits per heavy atom. The number of carbonyl (C=O) groups is 2. The minimum atomic E-state index is -0.819. The summed E-state index contributed by atoms with van der Waals surface area (Å²) >= 11 is 12.0. The number of hydrogen-bond acceptors (Lipinski definition) is 4.